The number of benzene rings is 1. The number of rotatable bonds is 4. The molecule has 112 valence electrons. The van der Waals surface area contributed by atoms with Gasteiger partial charge in [0.1, 0.15) is 0 Å². The first-order valence-electron chi connectivity index (χ1n) is 6.82. The van der Waals surface area contributed by atoms with E-state index in [1.807, 2.05) is 6.92 Å². The van der Waals surface area contributed by atoms with E-state index >= 15 is 0 Å². The summed E-state index contributed by atoms with van der Waals surface area (Å²) in [6.07, 6.45) is -2.06. The van der Waals surface area contributed by atoms with Crippen molar-refractivity contribution in [2.24, 2.45) is 0 Å². The van der Waals surface area contributed by atoms with Gasteiger partial charge < -0.3 is 11.1 Å². The maximum Gasteiger partial charge on any atom is 0.418 e. The van der Waals surface area contributed by atoms with Gasteiger partial charge in [-0.25, -0.2) is 0 Å². The number of anilines is 2. The Labute approximate surface area is 116 Å². The highest BCUT2D eigenvalue weighted by molar-refractivity contribution is 5.59. The van der Waals surface area contributed by atoms with E-state index in [1.54, 1.807) is 0 Å². The minimum atomic E-state index is -4.39. The molecule has 1 aliphatic heterocycles. The highest BCUT2D eigenvalue weighted by Gasteiger charge is 2.33. The lowest BCUT2D eigenvalue weighted by atomic mass is 10.1. The summed E-state index contributed by atoms with van der Waals surface area (Å²) < 4.78 is 38.8. The Bertz CT molecular complexity index is 453. The molecule has 6 heteroatoms. The van der Waals surface area contributed by atoms with E-state index < -0.39 is 11.7 Å². The summed E-state index contributed by atoms with van der Waals surface area (Å²) in [5.74, 6) is 0. The van der Waals surface area contributed by atoms with Gasteiger partial charge in [0.05, 0.1) is 5.56 Å². The molecule has 0 aliphatic carbocycles. The van der Waals surface area contributed by atoms with Gasteiger partial charge in [-0.3, -0.25) is 4.90 Å². The molecular weight excluding hydrogens is 267 g/mol. The molecule has 0 amide bonds. The number of alkyl halides is 3. The molecule has 1 unspecified atom stereocenters. The van der Waals surface area contributed by atoms with E-state index in [0.29, 0.717) is 6.54 Å². The van der Waals surface area contributed by atoms with Crippen LogP contribution in [0.25, 0.3) is 0 Å². The number of halogens is 3. The number of nitrogen functional groups attached to an aromatic ring is 1. The first-order valence-corrected chi connectivity index (χ1v) is 6.82. The lowest BCUT2D eigenvalue weighted by Crippen LogP contribution is -2.35. The summed E-state index contributed by atoms with van der Waals surface area (Å²) >= 11 is 0. The molecule has 20 heavy (non-hydrogen) atoms. The molecule has 0 saturated carbocycles. The Morgan fingerprint density at radius 1 is 1.30 bits per heavy atom. The van der Waals surface area contributed by atoms with Gasteiger partial charge in [0.25, 0.3) is 0 Å². The molecule has 1 fully saturated rings. The normalized spacial score (nSPS) is 18.2. The monoisotopic (exact) mass is 287 g/mol. The summed E-state index contributed by atoms with van der Waals surface area (Å²) in [5.41, 5.74) is 4.96. The second-order valence-corrected chi connectivity index (χ2v) is 5.28. The first-order chi connectivity index (χ1) is 9.38. The molecule has 1 atom stereocenters. The molecule has 0 aromatic heterocycles. The number of nitrogens with zero attached hydrogens (tertiary/aromatic N) is 1. The maximum absolute atomic E-state index is 12.9. The lowest BCUT2D eigenvalue weighted by Gasteiger charge is -2.25. The molecule has 3 N–H and O–H groups in total. The van der Waals surface area contributed by atoms with Crippen molar-refractivity contribution in [1.29, 1.82) is 0 Å². The van der Waals surface area contributed by atoms with E-state index in [-0.39, 0.29) is 17.4 Å². The molecule has 1 aromatic rings. The van der Waals surface area contributed by atoms with Crippen molar-refractivity contribution < 1.29 is 13.2 Å². The van der Waals surface area contributed by atoms with Crippen LogP contribution in [0.1, 0.15) is 25.3 Å². The summed E-state index contributed by atoms with van der Waals surface area (Å²) in [6.45, 7) is 4.57. The van der Waals surface area contributed by atoms with Crippen LogP contribution in [0.5, 0.6) is 0 Å². The topological polar surface area (TPSA) is 41.3 Å². The van der Waals surface area contributed by atoms with Gasteiger partial charge >= 0.3 is 6.18 Å². The van der Waals surface area contributed by atoms with Gasteiger partial charge in [-0.05, 0) is 51.1 Å². The van der Waals surface area contributed by atoms with Gasteiger partial charge in [0, 0.05) is 24.0 Å². The fraction of sp³-hybridized carbons (Fsp3) is 0.571. The number of hydrogen-bond donors (Lipinski definition) is 2. The Hall–Kier alpha value is -1.43. The standard InChI is InChI=1S/C14H20F3N3/c1-10(20-6-2-3-7-20)9-19-13-5-4-11(18)8-12(13)14(15,16)17/h4-5,8,10,19H,2-3,6-7,9,18H2,1H3. The zero-order valence-electron chi connectivity index (χ0n) is 11.5. The van der Waals surface area contributed by atoms with Gasteiger partial charge in [-0.15, -0.1) is 0 Å². The smallest absolute Gasteiger partial charge is 0.399 e. The van der Waals surface area contributed by atoms with Gasteiger partial charge in [-0.2, -0.15) is 13.2 Å². The number of likely N-dealkylation sites (tertiary alicyclic amines) is 1. The molecular formula is C14H20F3N3. The molecule has 0 spiro atoms. The molecule has 2 rings (SSSR count). The number of nitrogens with two attached hydrogens (primary N) is 1. The van der Waals surface area contributed by atoms with Gasteiger partial charge in [0.2, 0.25) is 0 Å². The predicted molar refractivity (Wildman–Crippen MR) is 74.6 cm³/mol. The van der Waals surface area contributed by atoms with Crippen LogP contribution < -0.4 is 11.1 Å². The van der Waals surface area contributed by atoms with E-state index in [9.17, 15) is 13.2 Å². The van der Waals surface area contributed by atoms with Crippen molar-refractivity contribution in [1.82, 2.24) is 4.90 Å². The van der Waals surface area contributed by atoms with Crippen LogP contribution >= 0.6 is 0 Å². The highest BCUT2D eigenvalue weighted by atomic mass is 19.4. The number of hydrogen-bond acceptors (Lipinski definition) is 3. The molecule has 1 saturated heterocycles. The average molecular weight is 287 g/mol. The Morgan fingerprint density at radius 2 is 1.95 bits per heavy atom. The Kier molecular flexibility index (Phi) is 4.42. The fourth-order valence-electron chi connectivity index (χ4n) is 2.52. The van der Waals surface area contributed by atoms with Crippen molar-refractivity contribution >= 4 is 11.4 Å². The summed E-state index contributed by atoms with van der Waals surface area (Å²) in [6, 6.07) is 4.08. The van der Waals surface area contributed by atoms with Crippen LogP contribution in [-0.4, -0.2) is 30.6 Å². The molecule has 1 aliphatic rings. The summed E-state index contributed by atoms with van der Waals surface area (Å²) in [4.78, 5) is 2.29. The average Bonchev–Trinajstić information content (AvgIpc) is 2.89. The molecule has 1 aromatic carbocycles. The Balaban J connectivity index is 2.05. The van der Waals surface area contributed by atoms with E-state index in [4.69, 9.17) is 5.73 Å². The van der Waals surface area contributed by atoms with Crippen LogP contribution in [0.3, 0.4) is 0 Å². The van der Waals surface area contributed by atoms with Crippen LogP contribution in [-0.2, 0) is 6.18 Å². The minimum Gasteiger partial charge on any atom is -0.399 e. The minimum absolute atomic E-state index is 0.0951. The third-order valence-corrected chi connectivity index (χ3v) is 3.70. The van der Waals surface area contributed by atoms with Gasteiger partial charge in [-0.1, -0.05) is 0 Å². The van der Waals surface area contributed by atoms with Crippen molar-refractivity contribution in [2.45, 2.75) is 32.0 Å². The fourth-order valence-corrected chi connectivity index (χ4v) is 2.52. The van der Waals surface area contributed by atoms with Crippen molar-refractivity contribution in [3.05, 3.63) is 23.8 Å². The summed E-state index contributed by atoms with van der Waals surface area (Å²) in [7, 11) is 0. The first kappa shape index (κ1) is 15.0. The predicted octanol–water partition coefficient (Wildman–Crippen LogP) is 3.18. The van der Waals surface area contributed by atoms with Crippen LogP contribution in [0.4, 0.5) is 24.5 Å². The highest BCUT2D eigenvalue weighted by Crippen LogP contribution is 2.36. The molecule has 0 radical (unpaired) electrons. The van der Waals surface area contributed by atoms with E-state index in [2.05, 4.69) is 10.2 Å². The van der Waals surface area contributed by atoms with Gasteiger partial charge in [0.15, 0.2) is 0 Å². The summed E-state index contributed by atoms with van der Waals surface area (Å²) in [5, 5.41) is 2.91. The second kappa shape index (κ2) is 5.91. The van der Waals surface area contributed by atoms with Crippen LogP contribution in [0, 0.1) is 0 Å². The van der Waals surface area contributed by atoms with Crippen molar-refractivity contribution in [3.63, 3.8) is 0 Å². The number of nitrogens with one attached hydrogen (secondary N) is 1. The van der Waals surface area contributed by atoms with Crippen molar-refractivity contribution in [3.8, 4) is 0 Å². The molecule has 1 heterocycles. The Morgan fingerprint density at radius 3 is 2.55 bits per heavy atom. The second-order valence-electron chi connectivity index (χ2n) is 5.28. The molecule has 0 bridgehead atoms. The SMILES string of the molecule is CC(CNc1ccc(N)cc1C(F)(F)F)N1CCCC1. The maximum atomic E-state index is 12.9. The van der Waals surface area contributed by atoms with Crippen molar-refractivity contribution in [2.75, 3.05) is 30.7 Å². The molecule has 3 nitrogen and oxygen atoms in total. The zero-order valence-corrected chi connectivity index (χ0v) is 11.5. The third kappa shape index (κ3) is 3.56. The largest absolute Gasteiger partial charge is 0.418 e. The van der Waals surface area contributed by atoms with Crippen LogP contribution in [0.2, 0.25) is 0 Å². The quantitative estimate of drug-likeness (QED) is 0.836. The van der Waals surface area contributed by atoms with E-state index in [1.165, 1.54) is 25.0 Å². The van der Waals surface area contributed by atoms with Crippen LogP contribution in [0.15, 0.2) is 18.2 Å². The zero-order chi connectivity index (χ0) is 14.8. The van der Waals surface area contributed by atoms with E-state index in [0.717, 1.165) is 19.2 Å². The third-order valence-electron chi connectivity index (χ3n) is 3.70. The lowest BCUT2D eigenvalue weighted by molar-refractivity contribution is -0.136.